The number of furan rings is 1. The summed E-state index contributed by atoms with van der Waals surface area (Å²) in [5, 5.41) is 1.70. The summed E-state index contributed by atoms with van der Waals surface area (Å²) >= 11 is 1.15. The smallest absolute Gasteiger partial charge is 0.273 e. The van der Waals surface area contributed by atoms with E-state index in [1.54, 1.807) is 24.4 Å². The molecule has 1 saturated heterocycles. The van der Waals surface area contributed by atoms with Crippen molar-refractivity contribution in [3.63, 3.8) is 0 Å². The molecule has 0 aliphatic carbocycles. The number of hydrazine groups is 1. The van der Waals surface area contributed by atoms with Gasteiger partial charge in [-0.25, -0.2) is 8.42 Å². The average Bonchev–Trinajstić information content (AvgIpc) is 3.31. The van der Waals surface area contributed by atoms with Crippen molar-refractivity contribution in [2.24, 2.45) is 5.92 Å². The molecule has 26 heavy (non-hydrogen) atoms. The lowest BCUT2D eigenvalue weighted by Gasteiger charge is -2.30. The summed E-state index contributed by atoms with van der Waals surface area (Å²) in [7, 11) is -3.59. The van der Waals surface area contributed by atoms with Gasteiger partial charge in [0.05, 0.1) is 17.7 Å². The van der Waals surface area contributed by atoms with Crippen LogP contribution < -0.4 is 10.9 Å². The van der Waals surface area contributed by atoms with E-state index in [0.717, 1.165) is 11.3 Å². The summed E-state index contributed by atoms with van der Waals surface area (Å²) in [6.07, 6.45) is 2.53. The maximum atomic E-state index is 12.6. The number of thiophene rings is 1. The van der Waals surface area contributed by atoms with Crippen LogP contribution in [-0.4, -0.2) is 37.6 Å². The van der Waals surface area contributed by atoms with Crippen molar-refractivity contribution in [2.45, 2.75) is 24.0 Å². The third-order valence-electron chi connectivity index (χ3n) is 4.25. The lowest BCUT2D eigenvalue weighted by molar-refractivity contribution is -0.126. The van der Waals surface area contributed by atoms with E-state index in [2.05, 4.69) is 10.9 Å². The fourth-order valence-electron chi connectivity index (χ4n) is 2.82. The summed E-state index contributed by atoms with van der Waals surface area (Å²) < 4.78 is 31.8. The molecular formula is C16H19N3O5S2. The maximum absolute atomic E-state index is 12.6. The van der Waals surface area contributed by atoms with Crippen LogP contribution in [0.1, 0.15) is 29.0 Å². The molecule has 1 atom stereocenters. The van der Waals surface area contributed by atoms with E-state index in [0.29, 0.717) is 30.7 Å². The third-order valence-corrected chi connectivity index (χ3v) is 7.48. The Kier molecular flexibility index (Phi) is 5.44. The number of piperidine rings is 1. The molecule has 0 radical (unpaired) electrons. The predicted molar refractivity (Wildman–Crippen MR) is 94.9 cm³/mol. The third kappa shape index (κ3) is 3.81. The Balaban J connectivity index is 1.60. The molecule has 2 aromatic heterocycles. The van der Waals surface area contributed by atoms with Crippen molar-refractivity contribution >= 4 is 33.2 Å². The van der Waals surface area contributed by atoms with Crippen LogP contribution in [0.15, 0.2) is 38.5 Å². The molecule has 0 spiro atoms. The number of carbonyl (C=O) groups excluding carboxylic acids is 2. The van der Waals surface area contributed by atoms with Crippen molar-refractivity contribution < 1.29 is 22.4 Å². The van der Waals surface area contributed by atoms with Crippen molar-refractivity contribution in [3.8, 4) is 0 Å². The molecule has 2 aromatic rings. The van der Waals surface area contributed by atoms with E-state index in [1.807, 2.05) is 0 Å². The molecule has 8 nitrogen and oxygen atoms in total. The molecule has 1 unspecified atom stereocenters. The number of aryl methyl sites for hydroxylation is 1. The number of rotatable bonds is 4. The maximum Gasteiger partial charge on any atom is 0.273 e. The van der Waals surface area contributed by atoms with Gasteiger partial charge in [0.1, 0.15) is 9.97 Å². The molecule has 1 aliphatic heterocycles. The van der Waals surface area contributed by atoms with E-state index in [4.69, 9.17) is 4.42 Å². The van der Waals surface area contributed by atoms with Crippen molar-refractivity contribution in [1.82, 2.24) is 15.2 Å². The predicted octanol–water partition coefficient (Wildman–Crippen LogP) is 1.51. The zero-order valence-corrected chi connectivity index (χ0v) is 15.7. The minimum absolute atomic E-state index is 0.0900. The molecule has 10 heteroatoms. The highest BCUT2D eigenvalue weighted by Gasteiger charge is 2.34. The Morgan fingerprint density at radius 2 is 2.12 bits per heavy atom. The fourth-order valence-corrected chi connectivity index (χ4v) is 5.49. The lowest BCUT2D eigenvalue weighted by atomic mass is 9.99. The van der Waals surface area contributed by atoms with E-state index in [9.17, 15) is 18.0 Å². The first-order valence-corrected chi connectivity index (χ1v) is 10.4. The van der Waals surface area contributed by atoms with Gasteiger partial charge in [-0.2, -0.15) is 4.31 Å². The number of nitrogens with zero attached hydrogens (tertiary/aromatic N) is 1. The number of hydrogen-bond acceptors (Lipinski definition) is 6. The Bertz CT molecular complexity index is 889. The van der Waals surface area contributed by atoms with Crippen LogP contribution in [0.2, 0.25) is 0 Å². The van der Waals surface area contributed by atoms with Gasteiger partial charge in [-0.1, -0.05) is 6.07 Å². The summed E-state index contributed by atoms with van der Waals surface area (Å²) in [6.45, 7) is 2.11. The summed E-state index contributed by atoms with van der Waals surface area (Å²) in [5.74, 6) is -0.971. The average molecular weight is 397 g/mol. The Hall–Kier alpha value is -2.17. The molecule has 0 saturated carbocycles. The molecule has 1 aliphatic rings. The molecule has 3 rings (SSSR count). The molecule has 3 heterocycles. The quantitative estimate of drug-likeness (QED) is 0.760. The second-order valence-electron chi connectivity index (χ2n) is 5.97. The zero-order valence-electron chi connectivity index (χ0n) is 14.1. The standard InChI is InChI=1S/C16H19N3O5S2/c1-11-13(6-8-24-11)16(21)18-17-15(20)12-4-2-7-19(10-12)26(22,23)14-5-3-9-25-14/h3,5-6,8-9,12H,2,4,7,10H2,1H3,(H,17,20)(H,18,21). The number of amides is 2. The number of carbonyl (C=O) groups is 2. The monoisotopic (exact) mass is 397 g/mol. The molecule has 1 fully saturated rings. The van der Waals surface area contributed by atoms with E-state index >= 15 is 0 Å². The van der Waals surface area contributed by atoms with Crippen molar-refractivity contribution in [3.05, 3.63) is 41.2 Å². The van der Waals surface area contributed by atoms with Crippen molar-refractivity contribution in [1.29, 1.82) is 0 Å². The van der Waals surface area contributed by atoms with E-state index < -0.39 is 27.8 Å². The van der Waals surface area contributed by atoms with E-state index in [-0.39, 0.29) is 10.8 Å². The number of nitrogens with one attached hydrogen (secondary N) is 2. The molecule has 0 bridgehead atoms. The highest BCUT2D eigenvalue weighted by molar-refractivity contribution is 7.91. The topological polar surface area (TPSA) is 109 Å². The van der Waals surface area contributed by atoms with Gasteiger partial charge < -0.3 is 4.42 Å². The first kappa shape index (κ1) is 18.6. The van der Waals surface area contributed by atoms with Crippen LogP contribution >= 0.6 is 11.3 Å². The van der Waals surface area contributed by atoms with Gasteiger partial charge in [0, 0.05) is 13.1 Å². The SMILES string of the molecule is Cc1occc1C(=O)NNC(=O)C1CCCN(S(=O)(=O)c2cccs2)C1. The second kappa shape index (κ2) is 7.60. The van der Waals surface area contributed by atoms with Gasteiger partial charge in [-0.15, -0.1) is 11.3 Å². The molecule has 2 N–H and O–H groups in total. The first-order valence-electron chi connectivity index (χ1n) is 8.07. The lowest BCUT2D eigenvalue weighted by Crippen LogP contribution is -2.49. The van der Waals surface area contributed by atoms with E-state index in [1.165, 1.54) is 16.6 Å². The van der Waals surface area contributed by atoms with Crippen LogP contribution in [0.5, 0.6) is 0 Å². The fraction of sp³-hybridized carbons (Fsp3) is 0.375. The molecular weight excluding hydrogens is 378 g/mol. The van der Waals surface area contributed by atoms with Gasteiger partial charge >= 0.3 is 0 Å². The Morgan fingerprint density at radius 3 is 2.77 bits per heavy atom. The van der Waals surface area contributed by atoms with Crippen LogP contribution in [0.4, 0.5) is 0 Å². The normalized spacial score (nSPS) is 18.4. The second-order valence-corrected chi connectivity index (χ2v) is 9.08. The van der Waals surface area contributed by atoms with Gasteiger partial charge in [-0.3, -0.25) is 20.4 Å². The highest BCUT2D eigenvalue weighted by Crippen LogP contribution is 2.26. The van der Waals surface area contributed by atoms with Crippen molar-refractivity contribution in [2.75, 3.05) is 13.1 Å². The summed E-state index contributed by atoms with van der Waals surface area (Å²) in [6, 6.07) is 4.74. The van der Waals surface area contributed by atoms with Crippen LogP contribution in [0.25, 0.3) is 0 Å². The number of hydrogen-bond donors (Lipinski definition) is 2. The van der Waals surface area contributed by atoms with Gasteiger partial charge in [0.2, 0.25) is 5.91 Å². The van der Waals surface area contributed by atoms with Gasteiger partial charge in [0.25, 0.3) is 15.9 Å². The molecule has 0 aromatic carbocycles. The first-order chi connectivity index (χ1) is 12.4. The highest BCUT2D eigenvalue weighted by atomic mass is 32.2. The van der Waals surface area contributed by atoms with Gasteiger partial charge in [-0.05, 0) is 37.3 Å². The number of sulfonamides is 1. The Morgan fingerprint density at radius 1 is 1.31 bits per heavy atom. The summed E-state index contributed by atoms with van der Waals surface area (Å²) in [5.41, 5.74) is 5.04. The molecule has 140 valence electrons. The van der Waals surface area contributed by atoms with Crippen LogP contribution in [0, 0.1) is 12.8 Å². The van der Waals surface area contributed by atoms with Crippen LogP contribution in [0.3, 0.4) is 0 Å². The minimum atomic E-state index is -3.59. The molecule has 2 amide bonds. The van der Waals surface area contributed by atoms with Crippen LogP contribution in [-0.2, 0) is 14.8 Å². The largest absolute Gasteiger partial charge is 0.469 e. The zero-order chi connectivity index (χ0) is 18.7. The summed E-state index contributed by atoms with van der Waals surface area (Å²) in [4.78, 5) is 24.4. The van der Waals surface area contributed by atoms with Gasteiger partial charge in [0.15, 0.2) is 0 Å². The Labute approximate surface area is 155 Å². The minimum Gasteiger partial charge on any atom is -0.469 e.